The first-order valence-electron chi connectivity index (χ1n) is 7.91. The second kappa shape index (κ2) is 6.09. The molecule has 8 heteroatoms. The molecule has 126 valence electrons. The number of rotatable bonds is 4. The Morgan fingerprint density at radius 1 is 1.35 bits per heavy atom. The Morgan fingerprint density at radius 3 is 2.70 bits per heavy atom. The summed E-state index contributed by atoms with van der Waals surface area (Å²) in [6.45, 7) is 4.71. The number of H-pyrrole nitrogens is 1. The molecule has 3 rings (SSSR count). The van der Waals surface area contributed by atoms with E-state index in [1.165, 1.54) is 0 Å². The van der Waals surface area contributed by atoms with Gasteiger partial charge in [-0.25, -0.2) is 22.5 Å². The van der Waals surface area contributed by atoms with Crippen LogP contribution in [0.1, 0.15) is 32.7 Å². The Kier molecular flexibility index (Phi) is 4.29. The minimum Gasteiger partial charge on any atom is -0.304 e. The molecule has 0 unspecified atom stereocenters. The van der Waals surface area contributed by atoms with Crippen molar-refractivity contribution in [2.45, 2.75) is 32.7 Å². The number of nitrogens with zero attached hydrogens (tertiary/aromatic N) is 3. The molecule has 2 aromatic rings. The summed E-state index contributed by atoms with van der Waals surface area (Å²) in [5.41, 5.74) is 1.18. The maximum absolute atomic E-state index is 12.3. The second-order valence-corrected chi connectivity index (χ2v) is 8.49. The SMILES string of the molecule is CC(C)CS(=O)(=O)N1CCC(n2c(=O)[nH]c3cccnc32)CC1. The zero-order chi connectivity index (χ0) is 16.6. The smallest absolute Gasteiger partial charge is 0.304 e. The normalized spacial score (nSPS) is 18.0. The lowest BCUT2D eigenvalue weighted by Crippen LogP contribution is -2.42. The molecule has 3 heterocycles. The Labute approximate surface area is 135 Å². The van der Waals surface area contributed by atoms with E-state index in [1.54, 1.807) is 21.1 Å². The summed E-state index contributed by atoms with van der Waals surface area (Å²) in [4.78, 5) is 19.3. The summed E-state index contributed by atoms with van der Waals surface area (Å²) in [6.07, 6.45) is 2.91. The number of aromatic nitrogens is 3. The lowest BCUT2D eigenvalue weighted by atomic mass is 10.1. The summed E-state index contributed by atoms with van der Waals surface area (Å²) >= 11 is 0. The third-order valence-corrected chi connectivity index (χ3v) is 6.44. The van der Waals surface area contributed by atoms with Gasteiger partial charge in [-0.1, -0.05) is 13.8 Å². The molecule has 0 saturated carbocycles. The van der Waals surface area contributed by atoms with Gasteiger partial charge in [0.1, 0.15) is 0 Å². The maximum Gasteiger partial charge on any atom is 0.327 e. The van der Waals surface area contributed by atoms with Gasteiger partial charge in [0.2, 0.25) is 10.0 Å². The number of aromatic amines is 1. The van der Waals surface area contributed by atoms with Crippen LogP contribution < -0.4 is 5.69 Å². The van der Waals surface area contributed by atoms with Gasteiger partial charge in [-0.05, 0) is 30.9 Å². The molecule has 1 fully saturated rings. The third-order valence-electron chi connectivity index (χ3n) is 4.20. The standard InChI is InChI=1S/C15H22N4O3S/c1-11(2)10-23(21,22)18-8-5-12(6-9-18)19-14-13(17-15(19)20)4-3-7-16-14/h3-4,7,11-12H,5-6,8-10H2,1-2H3,(H,17,20). The molecule has 0 aromatic carbocycles. The van der Waals surface area contributed by atoms with Gasteiger partial charge in [0, 0.05) is 25.3 Å². The van der Waals surface area contributed by atoms with Crippen LogP contribution in [0, 0.1) is 5.92 Å². The molecule has 1 aliphatic rings. The van der Waals surface area contributed by atoms with Gasteiger partial charge in [-0.3, -0.25) is 4.57 Å². The molecule has 0 aliphatic carbocycles. The van der Waals surface area contributed by atoms with Crippen LogP contribution in [-0.4, -0.2) is 46.1 Å². The average molecular weight is 338 g/mol. The fourth-order valence-corrected chi connectivity index (χ4v) is 5.02. The monoisotopic (exact) mass is 338 g/mol. The molecule has 7 nitrogen and oxygen atoms in total. The van der Waals surface area contributed by atoms with Crippen molar-refractivity contribution in [2.75, 3.05) is 18.8 Å². The number of fused-ring (bicyclic) bond motifs is 1. The summed E-state index contributed by atoms with van der Waals surface area (Å²) in [7, 11) is -3.20. The lowest BCUT2D eigenvalue weighted by molar-refractivity contribution is 0.273. The van der Waals surface area contributed by atoms with Gasteiger partial charge in [-0.15, -0.1) is 0 Å². The fourth-order valence-electron chi connectivity index (χ4n) is 3.20. The topological polar surface area (TPSA) is 88.1 Å². The van der Waals surface area contributed by atoms with E-state index in [1.807, 2.05) is 19.9 Å². The molecule has 0 bridgehead atoms. The molecular weight excluding hydrogens is 316 g/mol. The summed E-state index contributed by atoms with van der Waals surface area (Å²) < 4.78 is 27.8. The van der Waals surface area contributed by atoms with Crippen molar-refractivity contribution in [3.63, 3.8) is 0 Å². The van der Waals surface area contributed by atoms with Crippen LogP contribution in [0.5, 0.6) is 0 Å². The van der Waals surface area contributed by atoms with Crippen molar-refractivity contribution < 1.29 is 8.42 Å². The van der Waals surface area contributed by atoms with Crippen LogP contribution in [0.25, 0.3) is 11.2 Å². The summed E-state index contributed by atoms with van der Waals surface area (Å²) in [5, 5.41) is 0. The van der Waals surface area contributed by atoms with Crippen LogP contribution in [0.15, 0.2) is 23.1 Å². The van der Waals surface area contributed by atoms with Gasteiger partial charge in [-0.2, -0.15) is 0 Å². The molecule has 0 spiro atoms. The highest BCUT2D eigenvalue weighted by molar-refractivity contribution is 7.89. The highest BCUT2D eigenvalue weighted by atomic mass is 32.2. The highest BCUT2D eigenvalue weighted by Crippen LogP contribution is 2.25. The zero-order valence-corrected chi connectivity index (χ0v) is 14.2. The fraction of sp³-hybridized carbons (Fsp3) is 0.600. The molecule has 2 aromatic heterocycles. The Morgan fingerprint density at radius 2 is 2.04 bits per heavy atom. The number of sulfonamides is 1. The minimum absolute atomic E-state index is 0.0170. The van der Waals surface area contributed by atoms with E-state index in [4.69, 9.17) is 0 Å². The number of piperidine rings is 1. The Hall–Kier alpha value is -1.67. The van der Waals surface area contributed by atoms with Gasteiger partial charge in [0.05, 0.1) is 11.3 Å². The first-order chi connectivity index (χ1) is 10.9. The van der Waals surface area contributed by atoms with Crippen molar-refractivity contribution in [1.82, 2.24) is 18.8 Å². The van der Waals surface area contributed by atoms with Crippen molar-refractivity contribution in [2.24, 2.45) is 5.92 Å². The van der Waals surface area contributed by atoms with E-state index >= 15 is 0 Å². The third kappa shape index (κ3) is 3.18. The number of imidazole rings is 1. The highest BCUT2D eigenvalue weighted by Gasteiger charge is 2.30. The van der Waals surface area contributed by atoms with E-state index in [0.29, 0.717) is 37.1 Å². The molecule has 1 aliphatic heterocycles. The lowest BCUT2D eigenvalue weighted by Gasteiger charge is -2.32. The maximum atomic E-state index is 12.3. The van der Waals surface area contributed by atoms with Crippen LogP contribution in [0.3, 0.4) is 0 Å². The van der Waals surface area contributed by atoms with Gasteiger partial charge < -0.3 is 4.98 Å². The van der Waals surface area contributed by atoms with Gasteiger partial charge in [0.25, 0.3) is 0 Å². The van der Waals surface area contributed by atoms with E-state index in [9.17, 15) is 13.2 Å². The van der Waals surface area contributed by atoms with Crippen LogP contribution in [0.4, 0.5) is 0 Å². The van der Waals surface area contributed by atoms with Crippen LogP contribution >= 0.6 is 0 Å². The van der Waals surface area contributed by atoms with Crippen molar-refractivity contribution in [1.29, 1.82) is 0 Å². The first kappa shape index (κ1) is 16.2. The van der Waals surface area contributed by atoms with Crippen LogP contribution in [0.2, 0.25) is 0 Å². The molecule has 0 atom stereocenters. The predicted octanol–water partition coefficient (Wildman–Crippen LogP) is 1.35. The van der Waals surface area contributed by atoms with Crippen molar-refractivity contribution in [3.8, 4) is 0 Å². The Bertz CT molecular complexity index is 845. The largest absolute Gasteiger partial charge is 0.327 e. The molecule has 0 amide bonds. The van der Waals surface area contributed by atoms with Crippen molar-refractivity contribution >= 4 is 21.2 Å². The van der Waals surface area contributed by atoms with E-state index < -0.39 is 10.0 Å². The van der Waals surface area contributed by atoms with E-state index in [2.05, 4.69) is 9.97 Å². The van der Waals surface area contributed by atoms with Gasteiger partial charge >= 0.3 is 5.69 Å². The quantitative estimate of drug-likeness (QED) is 0.911. The second-order valence-electron chi connectivity index (χ2n) is 6.48. The number of nitrogens with one attached hydrogen (secondary N) is 1. The van der Waals surface area contributed by atoms with Crippen molar-refractivity contribution in [3.05, 3.63) is 28.8 Å². The Balaban J connectivity index is 1.79. The minimum atomic E-state index is -3.20. The number of hydrogen-bond donors (Lipinski definition) is 1. The molecule has 1 saturated heterocycles. The first-order valence-corrected chi connectivity index (χ1v) is 9.52. The van der Waals surface area contributed by atoms with Crippen LogP contribution in [-0.2, 0) is 10.0 Å². The molecule has 0 radical (unpaired) electrons. The van der Waals surface area contributed by atoms with E-state index in [-0.39, 0.29) is 23.4 Å². The summed E-state index contributed by atoms with van der Waals surface area (Å²) in [6, 6.07) is 3.59. The predicted molar refractivity (Wildman–Crippen MR) is 88.8 cm³/mol. The number of pyridine rings is 1. The molecule has 1 N–H and O–H groups in total. The average Bonchev–Trinajstić information content (AvgIpc) is 2.82. The van der Waals surface area contributed by atoms with Gasteiger partial charge in [0.15, 0.2) is 5.65 Å². The number of hydrogen-bond acceptors (Lipinski definition) is 4. The molecular formula is C15H22N4O3S. The summed E-state index contributed by atoms with van der Waals surface area (Å²) in [5.74, 6) is 0.282. The molecule has 23 heavy (non-hydrogen) atoms. The zero-order valence-electron chi connectivity index (χ0n) is 13.4. The van der Waals surface area contributed by atoms with E-state index in [0.717, 1.165) is 0 Å².